The van der Waals surface area contributed by atoms with Crippen molar-refractivity contribution in [3.05, 3.63) is 199 Å². The van der Waals surface area contributed by atoms with E-state index in [1.165, 1.54) is 65.9 Å². The Kier molecular flexibility index (Phi) is 7.78. The first-order chi connectivity index (χ1) is 23.2. The van der Waals surface area contributed by atoms with Crippen LogP contribution < -0.4 is 0 Å². The summed E-state index contributed by atoms with van der Waals surface area (Å²) >= 11 is 1.74. The normalized spacial score (nSPS) is 14.8. The summed E-state index contributed by atoms with van der Waals surface area (Å²) in [5, 5.41) is 1.25. The van der Waals surface area contributed by atoms with Gasteiger partial charge >= 0.3 is 0 Å². The highest BCUT2D eigenvalue weighted by atomic mass is 32.2. The lowest BCUT2D eigenvalue weighted by atomic mass is 9.99. The number of hydrogen-bond donors (Lipinski definition) is 0. The Morgan fingerprint density at radius 1 is 0.532 bits per heavy atom. The molecule has 0 spiro atoms. The van der Waals surface area contributed by atoms with E-state index in [1.54, 1.807) is 11.8 Å². The third kappa shape index (κ3) is 5.92. The van der Waals surface area contributed by atoms with Gasteiger partial charge in [-0.1, -0.05) is 146 Å². The van der Waals surface area contributed by atoms with Crippen LogP contribution >= 0.6 is 11.8 Å². The molecule has 1 aliphatic heterocycles. The summed E-state index contributed by atoms with van der Waals surface area (Å²) in [6.07, 6.45) is 9.79. The van der Waals surface area contributed by atoms with Crippen LogP contribution in [0.3, 0.4) is 0 Å². The SMILES string of the molecule is C=C1/C=C\C(c2ccccc2)=C/Cc2cc(-c3ccc(-n4cc(-c5ccccc5)c5cc(-c6ccccc6)ccc54)cc3)ccc2S1. The van der Waals surface area contributed by atoms with Crippen molar-refractivity contribution in [2.75, 3.05) is 0 Å². The van der Waals surface area contributed by atoms with E-state index < -0.39 is 0 Å². The maximum atomic E-state index is 4.31. The lowest BCUT2D eigenvalue weighted by molar-refractivity contribution is 1.13. The Morgan fingerprint density at radius 2 is 1.13 bits per heavy atom. The molecule has 0 saturated heterocycles. The zero-order chi connectivity index (χ0) is 31.6. The largest absolute Gasteiger partial charge is 0.316 e. The Morgan fingerprint density at radius 3 is 1.85 bits per heavy atom. The average molecular weight is 620 g/mol. The zero-order valence-corrected chi connectivity index (χ0v) is 26.8. The monoisotopic (exact) mass is 619 g/mol. The number of benzene rings is 6. The molecule has 1 aromatic heterocycles. The number of hydrogen-bond acceptors (Lipinski definition) is 1. The van der Waals surface area contributed by atoms with Gasteiger partial charge in [0.15, 0.2) is 0 Å². The number of rotatable bonds is 5. The summed E-state index contributed by atoms with van der Waals surface area (Å²) in [5.74, 6) is 0. The van der Waals surface area contributed by atoms with E-state index in [1.807, 2.05) is 0 Å². The average Bonchev–Trinajstić information content (AvgIpc) is 3.55. The Bertz CT molecular complexity index is 2270. The summed E-state index contributed by atoms with van der Waals surface area (Å²) in [4.78, 5) is 2.30. The van der Waals surface area contributed by atoms with Crippen molar-refractivity contribution in [2.24, 2.45) is 0 Å². The first kappa shape index (κ1) is 28.9. The molecular weight excluding hydrogens is 587 g/mol. The van der Waals surface area contributed by atoms with Crippen LogP contribution in [-0.4, -0.2) is 4.57 Å². The van der Waals surface area contributed by atoms with Crippen LogP contribution in [0.1, 0.15) is 11.1 Å². The maximum Gasteiger partial charge on any atom is 0.0535 e. The first-order valence-electron chi connectivity index (χ1n) is 16.0. The third-order valence-corrected chi connectivity index (χ3v) is 9.89. The van der Waals surface area contributed by atoms with Gasteiger partial charge in [0.25, 0.3) is 0 Å². The lowest BCUT2D eigenvalue weighted by Gasteiger charge is -2.12. The van der Waals surface area contributed by atoms with Crippen molar-refractivity contribution in [1.29, 1.82) is 0 Å². The molecule has 7 aromatic rings. The van der Waals surface area contributed by atoms with Crippen LogP contribution in [0.2, 0.25) is 0 Å². The molecule has 0 bridgehead atoms. The summed E-state index contributed by atoms with van der Waals surface area (Å²) in [6, 6.07) is 54.5. The second kappa shape index (κ2) is 12.7. The van der Waals surface area contributed by atoms with Crippen molar-refractivity contribution in [2.45, 2.75) is 11.3 Å². The van der Waals surface area contributed by atoms with Crippen molar-refractivity contribution in [3.8, 4) is 39.1 Å². The van der Waals surface area contributed by atoms with Gasteiger partial charge in [-0.25, -0.2) is 0 Å². The third-order valence-electron chi connectivity index (χ3n) is 8.87. The molecule has 0 amide bonds. The molecule has 6 aromatic carbocycles. The molecule has 1 nitrogen and oxygen atoms in total. The summed E-state index contributed by atoms with van der Waals surface area (Å²) in [6.45, 7) is 4.31. The zero-order valence-electron chi connectivity index (χ0n) is 26.0. The van der Waals surface area contributed by atoms with Crippen LogP contribution in [0.5, 0.6) is 0 Å². The molecule has 8 rings (SSSR count). The minimum absolute atomic E-state index is 0.860. The van der Waals surface area contributed by atoms with Crippen LogP contribution in [0.4, 0.5) is 0 Å². The van der Waals surface area contributed by atoms with Crippen LogP contribution in [0.25, 0.3) is 55.5 Å². The van der Waals surface area contributed by atoms with E-state index in [4.69, 9.17) is 0 Å². The molecular formula is C45H33NS. The summed E-state index contributed by atoms with van der Waals surface area (Å²) in [7, 11) is 0. The van der Waals surface area contributed by atoms with E-state index in [0.29, 0.717) is 0 Å². The van der Waals surface area contributed by atoms with Gasteiger partial charge in [0.1, 0.15) is 0 Å². The first-order valence-corrected chi connectivity index (χ1v) is 16.8. The van der Waals surface area contributed by atoms with E-state index in [2.05, 4.69) is 187 Å². The van der Waals surface area contributed by atoms with Crippen molar-refractivity contribution < 1.29 is 0 Å². The van der Waals surface area contributed by atoms with Crippen LogP contribution in [0, 0.1) is 0 Å². The van der Waals surface area contributed by atoms with Gasteiger partial charge in [-0.2, -0.15) is 0 Å². The fourth-order valence-corrected chi connectivity index (χ4v) is 7.25. The molecule has 0 fully saturated rings. The Balaban J connectivity index is 1.15. The fourth-order valence-electron chi connectivity index (χ4n) is 6.42. The van der Waals surface area contributed by atoms with Gasteiger partial charge in [0.2, 0.25) is 0 Å². The highest BCUT2D eigenvalue weighted by molar-refractivity contribution is 8.03. The number of allylic oxidation sites excluding steroid dienone is 4. The Labute approximate surface area is 280 Å². The summed E-state index contributed by atoms with van der Waals surface area (Å²) in [5.41, 5.74) is 13.4. The predicted molar refractivity (Wildman–Crippen MR) is 202 cm³/mol. The molecule has 0 unspecified atom stereocenters. The van der Waals surface area contributed by atoms with Gasteiger partial charge in [-0.3, -0.25) is 0 Å². The fraction of sp³-hybridized carbons (Fsp3) is 0.0222. The van der Waals surface area contributed by atoms with Crippen molar-refractivity contribution in [3.63, 3.8) is 0 Å². The van der Waals surface area contributed by atoms with Gasteiger partial charge in [-0.15, -0.1) is 0 Å². The van der Waals surface area contributed by atoms with Gasteiger partial charge < -0.3 is 4.57 Å². The molecule has 0 saturated carbocycles. The number of nitrogens with zero attached hydrogens (tertiary/aromatic N) is 1. The number of aromatic nitrogens is 1. The van der Waals surface area contributed by atoms with Crippen LogP contribution in [0.15, 0.2) is 192 Å². The Hall–Kier alpha value is -5.57. The molecule has 0 N–H and O–H groups in total. The molecule has 2 heteroatoms. The standard InChI is InChI=1S/C45H33NS/c1-32-17-18-35(33-11-5-2-6-12-33)19-20-40-29-38(24-28-45(40)47-32)36-21-25-41(26-22-36)46-31-43(37-15-9-4-10-16-37)42-30-39(23-27-44(42)46)34-13-7-3-8-14-34/h2-19,21-31H,1,20H2/b18-17-,35-19+. The van der Waals surface area contributed by atoms with Crippen molar-refractivity contribution in [1.82, 2.24) is 4.57 Å². The predicted octanol–water partition coefficient (Wildman–Crippen LogP) is 12.4. The van der Waals surface area contributed by atoms with Gasteiger partial charge in [0.05, 0.1) is 5.52 Å². The minimum atomic E-state index is 0.860. The van der Waals surface area contributed by atoms with Gasteiger partial charge in [0, 0.05) is 32.6 Å². The minimum Gasteiger partial charge on any atom is -0.316 e. The maximum absolute atomic E-state index is 4.31. The van der Waals surface area contributed by atoms with E-state index in [9.17, 15) is 0 Å². The topological polar surface area (TPSA) is 4.93 Å². The van der Waals surface area contributed by atoms with Crippen molar-refractivity contribution >= 4 is 28.2 Å². The highest BCUT2D eigenvalue weighted by Gasteiger charge is 2.14. The van der Waals surface area contributed by atoms with Crippen LogP contribution in [-0.2, 0) is 6.42 Å². The van der Waals surface area contributed by atoms with E-state index >= 15 is 0 Å². The van der Waals surface area contributed by atoms with E-state index in [-0.39, 0.29) is 0 Å². The molecule has 2 heterocycles. The molecule has 47 heavy (non-hydrogen) atoms. The second-order valence-electron chi connectivity index (χ2n) is 11.9. The quantitative estimate of drug-likeness (QED) is 0.186. The molecule has 0 aliphatic carbocycles. The molecule has 224 valence electrons. The second-order valence-corrected chi connectivity index (χ2v) is 13.0. The lowest BCUT2D eigenvalue weighted by Crippen LogP contribution is -1.93. The molecule has 1 aliphatic rings. The number of fused-ring (bicyclic) bond motifs is 2. The smallest absolute Gasteiger partial charge is 0.0535 e. The number of thioether (sulfide) groups is 1. The highest BCUT2D eigenvalue weighted by Crippen LogP contribution is 2.38. The molecule has 0 atom stereocenters. The molecule has 0 radical (unpaired) electrons. The van der Waals surface area contributed by atoms with E-state index in [0.717, 1.165) is 17.0 Å². The van der Waals surface area contributed by atoms with Gasteiger partial charge in [-0.05, 0) is 93.4 Å². The summed E-state index contributed by atoms with van der Waals surface area (Å²) < 4.78 is 2.32.